The summed E-state index contributed by atoms with van der Waals surface area (Å²) in [6.45, 7) is 0. The lowest BCUT2D eigenvalue weighted by molar-refractivity contribution is 0.0689. The van der Waals surface area contributed by atoms with Crippen LogP contribution in [0.2, 0.25) is 5.02 Å². The van der Waals surface area contributed by atoms with Crippen LogP contribution >= 0.6 is 27.5 Å². The first-order valence-corrected chi connectivity index (χ1v) is 4.48. The highest BCUT2D eigenvalue weighted by molar-refractivity contribution is 9.10. The third-order valence-corrected chi connectivity index (χ3v) is 2.60. The minimum atomic E-state index is -2.83. The number of aromatic carboxylic acids is 1. The Hall–Kier alpha value is -0.750. The van der Waals surface area contributed by atoms with Crippen molar-refractivity contribution < 1.29 is 18.7 Å². The lowest BCUT2D eigenvalue weighted by atomic mass is 10.3. The van der Waals surface area contributed by atoms with Crippen molar-refractivity contribution in [2.24, 2.45) is 0 Å². The van der Waals surface area contributed by atoms with Gasteiger partial charge in [0.25, 0.3) is 6.43 Å². The maximum Gasteiger partial charge on any atom is 0.356 e. The van der Waals surface area contributed by atoms with E-state index in [1.807, 2.05) is 0 Å². The first kappa shape index (κ1) is 11.3. The molecular weight excluding hydrogens is 283 g/mol. The molecule has 1 rings (SSSR count). The smallest absolute Gasteiger partial charge is 0.356 e. The lowest BCUT2D eigenvalue weighted by Crippen LogP contribution is -2.05. The quantitative estimate of drug-likeness (QED) is 0.908. The number of carbonyl (C=O) groups is 1. The van der Waals surface area contributed by atoms with Crippen LogP contribution in [0.3, 0.4) is 0 Å². The van der Waals surface area contributed by atoms with Crippen LogP contribution in [0.4, 0.5) is 8.78 Å². The Morgan fingerprint density at radius 1 is 1.64 bits per heavy atom. The van der Waals surface area contributed by atoms with Crippen LogP contribution in [0.25, 0.3) is 0 Å². The van der Waals surface area contributed by atoms with Crippen molar-refractivity contribution in [3.8, 4) is 0 Å². The number of hydrogen-bond donors (Lipinski definition) is 1. The number of nitrogens with zero attached hydrogens (tertiary/aromatic N) is 1. The van der Waals surface area contributed by atoms with Gasteiger partial charge in [0.15, 0.2) is 5.69 Å². The fourth-order valence-electron chi connectivity index (χ4n) is 0.770. The molecule has 1 aromatic heterocycles. The maximum atomic E-state index is 12.2. The molecule has 0 aromatic carbocycles. The summed E-state index contributed by atoms with van der Waals surface area (Å²) in [6.07, 6.45) is -2.83. The average molecular weight is 286 g/mol. The van der Waals surface area contributed by atoms with Crippen molar-refractivity contribution in [1.82, 2.24) is 4.98 Å². The number of aromatic nitrogens is 1. The Morgan fingerprint density at radius 3 is 2.64 bits per heavy atom. The molecule has 0 aliphatic heterocycles. The normalized spacial score (nSPS) is 10.6. The van der Waals surface area contributed by atoms with E-state index in [9.17, 15) is 13.6 Å². The van der Waals surface area contributed by atoms with Crippen LogP contribution in [0.1, 0.15) is 22.6 Å². The predicted octanol–water partition coefficient (Wildman–Crippen LogP) is 3.13. The summed E-state index contributed by atoms with van der Waals surface area (Å²) in [7, 11) is 0. The van der Waals surface area contributed by atoms with Gasteiger partial charge in [-0.15, -0.1) is 0 Å². The maximum absolute atomic E-state index is 12.2. The molecule has 0 atom stereocenters. The summed E-state index contributed by atoms with van der Waals surface area (Å²) in [5, 5.41) is 8.39. The van der Waals surface area contributed by atoms with E-state index >= 15 is 0 Å². The van der Waals surface area contributed by atoms with Gasteiger partial charge >= 0.3 is 5.97 Å². The first-order chi connectivity index (χ1) is 6.43. The second-order valence-corrected chi connectivity index (χ2v) is 3.53. The molecule has 1 N–H and O–H groups in total. The van der Waals surface area contributed by atoms with E-state index in [-0.39, 0.29) is 9.50 Å². The van der Waals surface area contributed by atoms with Crippen molar-refractivity contribution in [1.29, 1.82) is 0 Å². The number of rotatable bonds is 2. The zero-order valence-corrected chi connectivity index (χ0v) is 8.81. The number of hydrogen-bond acceptors (Lipinski definition) is 2. The second kappa shape index (κ2) is 4.18. The Labute approximate surface area is 90.8 Å². The molecular formula is C7H3BrClF2NO2. The van der Waals surface area contributed by atoms with Gasteiger partial charge in [0.05, 0.1) is 5.02 Å². The number of carboxylic acid groups (broad SMARTS) is 1. The van der Waals surface area contributed by atoms with Crippen LogP contribution < -0.4 is 0 Å². The molecule has 0 aliphatic carbocycles. The van der Waals surface area contributed by atoms with E-state index in [0.29, 0.717) is 0 Å². The summed E-state index contributed by atoms with van der Waals surface area (Å²) in [6, 6.07) is 0.986. The molecule has 1 aromatic rings. The summed E-state index contributed by atoms with van der Waals surface area (Å²) < 4.78 is 24.5. The van der Waals surface area contributed by atoms with Crippen molar-refractivity contribution in [2.45, 2.75) is 6.43 Å². The van der Waals surface area contributed by atoms with Gasteiger partial charge in [-0.1, -0.05) is 11.6 Å². The molecule has 0 radical (unpaired) electrons. The van der Waals surface area contributed by atoms with Gasteiger partial charge in [0.2, 0.25) is 0 Å². The van der Waals surface area contributed by atoms with E-state index < -0.39 is 23.8 Å². The molecule has 0 amide bonds. The Kier molecular flexibility index (Phi) is 3.38. The highest BCUT2D eigenvalue weighted by Crippen LogP contribution is 2.29. The van der Waals surface area contributed by atoms with Gasteiger partial charge in [-0.3, -0.25) is 0 Å². The molecule has 0 saturated carbocycles. The number of pyridine rings is 1. The van der Waals surface area contributed by atoms with Gasteiger partial charge in [0.1, 0.15) is 5.69 Å². The third kappa shape index (κ3) is 2.19. The van der Waals surface area contributed by atoms with Crippen molar-refractivity contribution >= 4 is 33.5 Å². The molecule has 0 fully saturated rings. The van der Waals surface area contributed by atoms with Crippen molar-refractivity contribution in [3.05, 3.63) is 26.9 Å². The van der Waals surface area contributed by atoms with Gasteiger partial charge in [-0.2, -0.15) is 0 Å². The predicted molar refractivity (Wildman–Crippen MR) is 48.9 cm³/mol. The highest BCUT2D eigenvalue weighted by atomic mass is 79.9. The Balaban J connectivity index is 3.35. The fraction of sp³-hybridized carbons (Fsp3) is 0.143. The number of alkyl halides is 2. The SMILES string of the molecule is O=C(O)c1nc(C(F)F)cc(Br)c1Cl. The number of halogens is 4. The average Bonchev–Trinajstić information content (AvgIpc) is 2.08. The van der Waals surface area contributed by atoms with Crippen molar-refractivity contribution in [2.75, 3.05) is 0 Å². The van der Waals surface area contributed by atoms with Gasteiger partial charge in [-0.25, -0.2) is 18.6 Å². The summed E-state index contributed by atoms with van der Waals surface area (Å²) >= 11 is 8.39. The van der Waals surface area contributed by atoms with Crippen LogP contribution in [-0.4, -0.2) is 16.1 Å². The van der Waals surface area contributed by atoms with Gasteiger partial charge in [0, 0.05) is 4.47 Å². The van der Waals surface area contributed by atoms with Crippen LogP contribution in [0.5, 0.6) is 0 Å². The molecule has 0 bridgehead atoms. The zero-order valence-electron chi connectivity index (χ0n) is 6.47. The van der Waals surface area contributed by atoms with Crippen LogP contribution in [-0.2, 0) is 0 Å². The largest absolute Gasteiger partial charge is 0.476 e. The molecule has 0 spiro atoms. The lowest BCUT2D eigenvalue weighted by Gasteiger charge is -2.04. The second-order valence-electron chi connectivity index (χ2n) is 2.30. The van der Waals surface area contributed by atoms with Crippen molar-refractivity contribution in [3.63, 3.8) is 0 Å². The molecule has 0 aliphatic rings. The Bertz CT molecular complexity index is 386. The summed E-state index contributed by atoms with van der Waals surface area (Å²) in [4.78, 5) is 13.8. The Morgan fingerprint density at radius 2 is 2.21 bits per heavy atom. The minimum absolute atomic E-state index is 0.0851. The van der Waals surface area contributed by atoms with E-state index in [0.717, 1.165) is 6.07 Å². The van der Waals surface area contributed by atoms with Crippen LogP contribution in [0, 0.1) is 0 Å². The molecule has 14 heavy (non-hydrogen) atoms. The number of carboxylic acids is 1. The van der Waals surface area contributed by atoms with Crippen LogP contribution in [0.15, 0.2) is 10.5 Å². The highest BCUT2D eigenvalue weighted by Gasteiger charge is 2.19. The summed E-state index contributed by atoms with van der Waals surface area (Å²) in [5.74, 6) is -1.45. The minimum Gasteiger partial charge on any atom is -0.476 e. The third-order valence-electron chi connectivity index (χ3n) is 1.36. The standard InChI is InChI=1S/C7H3BrClF2NO2/c8-2-1-3(6(10)11)12-5(4(2)9)7(13)14/h1,6H,(H,13,14). The molecule has 0 unspecified atom stereocenters. The fourth-order valence-corrected chi connectivity index (χ4v) is 1.37. The zero-order chi connectivity index (χ0) is 10.9. The van der Waals surface area contributed by atoms with E-state index in [2.05, 4.69) is 20.9 Å². The first-order valence-electron chi connectivity index (χ1n) is 3.31. The van der Waals surface area contributed by atoms with E-state index in [1.165, 1.54) is 0 Å². The molecule has 3 nitrogen and oxygen atoms in total. The molecule has 0 saturated heterocycles. The van der Waals surface area contributed by atoms with Gasteiger partial charge in [-0.05, 0) is 22.0 Å². The summed E-state index contributed by atoms with van der Waals surface area (Å²) in [5.41, 5.74) is -1.21. The topological polar surface area (TPSA) is 50.2 Å². The van der Waals surface area contributed by atoms with E-state index in [1.54, 1.807) is 0 Å². The molecule has 76 valence electrons. The van der Waals surface area contributed by atoms with E-state index in [4.69, 9.17) is 16.7 Å². The molecule has 1 heterocycles. The molecule has 7 heteroatoms. The monoisotopic (exact) mass is 285 g/mol. The van der Waals surface area contributed by atoms with Gasteiger partial charge < -0.3 is 5.11 Å².